The number of nitrogens with zero attached hydrogens (tertiary/aromatic N) is 3. The Kier molecular flexibility index (Phi) is 5.16. The quantitative estimate of drug-likeness (QED) is 0.607. The zero-order valence-electron chi connectivity index (χ0n) is 14.0. The monoisotopic (exact) mass is 346 g/mol. The van der Waals surface area contributed by atoms with Crippen LogP contribution in [0, 0.1) is 16.0 Å². The van der Waals surface area contributed by atoms with Crippen molar-refractivity contribution in [3.63, 3.8) is 0 Å². The van der Waals surface area contributed by atoms with E-state index in [1.807, 2.05) is 0 Å². The van der Waals surface area contributed by atoms with Crippen LogP contribution in [0.2, 0.25) is 0 Å². The predicted molar refractivity (Wildman–Crippen MR) is 89.0 cm³/mol. The summed E-state index contributed by atoms with van der Waals surface area (Å²) in [5, 5.41) is 26.6. The van der Waals surface area contributed by atoms with Crippen molar-refractivity contribution >= 4 is 17.6 Å². The second-order valence-corrected chi connectivity index (χ2v) is 5.76. The maximum absolute atomic E-state index is 12.5. The van der Waals surface area contributed by atoms with E-state index in [1.165, 1.54) is 42.1 Å². The molecule has 2 unspecified atom stereocenters. The van der Waals surface area contributed by atoms with E-state index in [0.29, 0.717) is 11.3 Å². The van der Waals surface area contributed by atoms with Crippen LogP contribution in [0.15, 0.2) is 30.5 Å². The number of aliphatic carboxylic acids is 1. The summed E-state index contributed by atoms with van der Waals surface area (Å²) in [5.41, 5.74) is 1.12. The average molecular weight is 346 g/mol. The van der Waals surface area contributed by atoms with Crippen molar-refractivity contribution < 1.29 is 19.6 Å². The first kappa shape index (κ1) is 18.1. The Hall–Kier alpha value is -3.23. The topological polar surface area (TPSA) is 127 Å². The third kappa shape index (κ3) is 4.00. The van der Waals surface area contributed by atoms with Crippen molar-refractivity contribution in [3.05, 3.63) is 46.1 Å². The van der Waals surface area contributed by atoms with Crippen LogP contribution in [0.25, 0.3) is 11.3 Å². The average Bonchev–Trinajstić information content (AvgIpc) is 2.96. The van der Waals surface area contributed by atoms with E-state index in [1.54, 1.807) is 14.0 Å². The van der Waals surface area contributed by atoms with Crippen LogP contribution >= 0.6 is 0 Å². The minimum absolute atomic E-state index is 0.0606. The summed E-state index contributed by atoms with van der Waals surface area (Å²) >= 11 is 0. The number of carbonyl (C=O) groups is 2. The van der Waals surface area contributed by atoms with E-state index in [2.05, 4.69) is 10.4 Å². The van der Waals surface area contributed by atoms with Crippen LogP contribution in [0.1, 0.15) is 24.2 Å². The van der Waals surface area contributed by atoms with Crippen LogP contribution in [0.4, 0.5) is 5.69 Å². The molecule has 0 fully saturated rings. The van der Waals surface area contributed by atoms with Gasteiger partial charge in [-0.15, -0.1) is 0 Å². The van der Waals surface area contributed by atoms with E-state index in [0.717, 1.165) is 0 Å². The molecule has 1 heterocycles. The fourth-order valence-electron chi connectivity index (χ4n) is 2.23. The van der Waals surface area contributed by atoms with E-state index < -0.39 is 28.8 Å². The molecule has 1 aromatic heterocycles. The number of rotatable bonds is 6. The summed E-state index contributed by atoms with van der Waals surface area (Å²) in [7, 11) is 1.65. The van der Waals surface area contributed by atoms with Crippen LogP contribution in [0.5, 0.6) is 0 Å². The molecule has 2 N–H and O–H groups in total. The van der Waals surface area contributed by atoms with Gasteiger partial charge in [-0.05, 0) is 26.0 Å². The third-order valence-corrected chi connectivity index (χ3v) is 3.92. The Morgan fingerprint density at radius 1 is 1.28 bits per heavy atom. The molecule has 2 rings (SSSR count). The molecule has 132 valence electrons. The van der Waals surface area contributed by atoms with Crippen molar-refractivity contribution in [3.8, 4) is 11.3 Å². The summed E-state index contributed by atoms with van der Waals surface area (Å²) in [6, 6.07) is 5.12. The lowest BCUT2D eigenvalue weighted by Crippen LogP contribution is -2.40. The SMILES string of the molecule is CC(NC(=O)c1cn(C)nc1-c1ccc([N+](=O)[O-])cc1)C(C)C(=O)O. The van der Waals surface area contributed by atoms with Crippen molar-refractivity contribution in [1.82, 2.24) is 15.1 Å². The predicted octanol–water partition coefficient (Wildman–Crippen LogP) is 1.83. The number of hydrogen-bond donors (Lipinski definition) is 2. The molecule has 0 aliphatic heterocycles. The standard InChI is InChI=1S/C16H18N4O5/c1-9(16(22)23)10(2)17-15(21)13-8-19(3)18-14(13)11-4-6-12(7-5-11)20(24)25/h4-10H,1-3H3,(H,17,21)(H,22,23). The van der Waals surface area contributed by atoms with Gasteiger partial charge in [0.15, 0.2) is 0 Å². The molecule has 1 aromatic carbocycles. The molecule has 9 nitrogen and oxygen atoms in total. The second-order valence-electron chi connectivity index (χ2n) is 5.76. The van der Waals surface area contributed by atoms with E-state index in [-0.39, 0.29) is 11.3 Å². The van der Waals surface area contributed by atoms with Gasteiger partial charge in [0.2, 0.25) is 0 Å². The highest BCUT2D eigenvalue weighted by atomic mass is 16.6. The lowest BCUT2D eigenvalue weighted by molar-refractivity contribution is -0.384. The zero-order valence-corrected chi connectivity index (χ0v) is 14.0. The minimum atomic E-state index is -1.01. The van der Waals surface area contributed by atoms with Gasteiger partial charge >= 0.3 is 5.97 Å². The van der Waals surface area contributed by atoms with Crippen LogP contribution in [0.3, 0.4) is 0 Å². The maximum Gasteiger partial charge on any atom is 0.308 e. The normalized spacial score (nSPS) is 13.1. The highest BCUT2D eigenvalue weighted by molar-refractivity contribution is 6.00. The number of carbonyl (C=O) groups excluding carboxylic acids is 1. The molecular weight excluding hydrogens is 328 g/mol. The van der Waals surface area contributed by atoms with E-state index in [4.69, 9.17) is 5.11 Å². The Bertz CT molecular complexity index is 812. The smallest absolute Gasteiger partial charge is 0.308 e. The number of aryl methyl sites for hydroxylation is 1. The number of nitro groups is 1. The van der Waals surface area contributed by atoms with Crippen LogP contribution < -0.4 is 5.32 Å². The number of benzene rings is 1. The summed E-state index contributed by atoms with van der Waals surface area (Å²) in [6.07, 6.45) is 1.52. The van der Waals surface area contributed by atoms with Gasteiger partial charge in [0.25, 0.3) is 11.6 Å². The van der Waals surface area contributed by atoms with Gasteiger partial charge in [-0.25, -0.2) is 0 Å². The largest absolute Gasteiger partial charge is 0.481 e. The summed E-state index contributed by atoms with van der Waals surface area (Å²) in [6.45, 7) is 3.12. The molecule has 2 aromatic rings. The fourth-order valence-corrected chi connectivity index (χ4v) is 2.23. The number of hydrogen-bond acceptors (Lipinski definition) is 5. The first-order valence-electron chi connectivity index (χ1n) is 7.53. The van der Waals surface area contributed by atoms with Crippen LogP contribution in [-0.2, 0) is 11.8 Å². The molecule has 0 spiro atoms. The molecule has 0 saturated heterocycles. The number of carboxylic acids is 1. The number of nitro benzene ring substituents is 1. The van der Waals surface area contributed by atoms with Gasteiger partial charge in [0, 0.05) is 37.0 Å². The fraction of sp³-hybridized carbons (Fsp3) is 0.312. The molecule has 0 aliphatic rings. The maximum atomic E-state index is 12.5. The van der Waals surface area contributed by atoms with Crippen LogP contribution in [-0.4, -0.2) is 37.7 Å². The molecule has 0 radical (unpaired) electrons. The number of amides is 1. The molecule has 25 heavy (non-hydrogen) atoms. The van der Waals surface area contributed by atoms with Gasteiger partial charge in [-0.3, -0.25) is 24.4 Å². The van der Waals surface area contributed by atoms with Gasteiger partial charge < -0.3 is 10.4 Å². The second kappa shape index (κ2) is 7.12. The first-order chi connectivity index (χ1) is 11.7. The van der Waals surface area contributed by atoms with E-state index in [9.17, 15) is 19.7 Å². The Balaban J connectivity index is 2.29. The molecule has 0 saturated carbocycles. The zero-order chi connectivity index (χ0) is 18.7. The summed E-state index contributed by atoms with van der Waals surface area (Å²) in [5.74, 6) is -2.21. The van der Waals surface area contributed by atoms with Crippen molar-refractivity contribution in [2.75, 3.05) is 0 Å². The highest BCUT2D eigenvalue weighted by Gasteiger charge is 2.24. The Morgan fingerprint density at radius 2 is 1.88 bits per heavy atom. The first-order valence-corrected chi connectivity index (χ1v) is 7.53. The summed E-state index contributed by atoms with van der Waals surface area (Å²) in [4.78, 5) is 33.7. The van der Waals surface area contributed by atoms with Crippen molar-refractivity contribution in [2.45, 2.75) is 19.9 Å². The number of carboxylic acid groups (broad SMARTS) is 1. The van der Waals surface area contributed by atoms with E-state index >= 15 is 0 Å². The molecular formula is C16H18N4O5. The molecule has 0 bridgehead atoms. The third-order valence-electron chi connectivity index (χ3n) is 3.92. The van der Waals surface area contributed by atoms with Crippen molar-refractivity contribution in [1.29, 1.82) is 0 Å². The Morgan fingerprint density at radius 3 is 2.40 bits per heavy atom. The van der Waals surface area contributed by atoms with Gasteiger partial charge in [0.1, 0.15) is 5.69 Å². The molecule has 0 aliphatic carbocycles. The molecule has 9 heteroatoms. The lowest BCUT2D eigenvalue weighted by atomic mass is 10.0. The summed E-state index contributed by atoms with van der Waals surface area (Å²) < 4.78 is 1.46. The van der Waals surface area contributed by atoms with Gasteiger partial charge in [-0.1, -0.05) is 0 Å². The number of non-ortho nitro benzene ring substituents is 1. The number of nitrogens with one attached hydrogen (secondary N) is 1. The number of aromatic nitrogens is 2. The highest BCUT2D eigenvalue weighted by Crippen LogP contribution is 2.24. The molecule has 1 amide bonds. The minimum Gasteiger partial charge on any atom is -0.481 e. The molecule has 2 atom stereocenters. The van der Waals surface area contributed by atoms with Gasteiger partial charge in [-0.2, -0.15) is 5.10 Å². The Labute approximate surface area is 143 Å². The lowest BCUT2D eigenvalue weighted by Gasteiger charge is -2.17. The van der Waals surface area contributed by atoms with Gasteiger partial charge in [0.05, 0.1) is 16.4 Å². The van der Waals surface area contributed by atoms with Crippen molar-refractivity contribution in [2.24, 2.45) is 13.0 Å².